The van der Waals surface area contributed by atoms with Gasteiger partial charge in [0, 0.05) is 13.1 Å². The van der Waals surface area contributed by atoms with Gasteiger partial charge in [-0.25, -0.2) is 4.39 Å². The highest BCUT2D eigenvalue weighted by Gasteiger charge is 2.24. The second-order valence-corrected chi connectivity index (χ2v) is 4.07. The maximum atomic E-state index is 13.7. The van der Waals surface area contributed by atoms with Crippen LogP contribution in [0, 0.1) is 21.7 Å². The summed E-state index contributed by atoms with van der Waals surface area (Å²) in [5.41, 5.74) is -1.75. The normalized spacial score (nSPS) is 10.2. The zero-order valence-corrected chi connectivity index (χ0v) is 11.0. The molecule has 0 spiro atoms. The summed E-state index contributed by atoms with van der Waals surface area (Å²) in [6, 6.07) is 0.771. The Balaban J connectivity index is 3.08. The van der Waals surface area contributed by atoms with E-state index in [9.17, 15) is 28.5 Å². The number of nitro groups is 1. The number of carboxylic acid groups (broad SMARTS) is 1. The van der Waals surface area contributed by atoms with Gasteiger partial charge in [-0.15, -0.1) is 0 Å². The molecule has 1 aromatic carbocycles. The molecule has 21 heavy (non-hydrogen) atoms. The summed E-state index contributed by atoms with van der Waals surface area (Å²) >= 11 is 0. The van der Waals surface area contributed by atoms with E-state index in [2.05, 4.69) is 0 Å². The number of carbonyl (C=O) groups excluding carboxylic acids is 1. The number of carboxylic acids is 1. The average molecular weight is 302 g/mol. The molecule has 0 bridgehead atoms. The smallest absolute Gasteiger partial charge is 0.307 e. The number of halogens is 2. The van der Waals surface area contributed by atoms with E-state index in [4.69, 9.17) is 5.11 Å². The second-order valence-electron chi connectivity index (χ2n) is 4.07. The molecule has 0 aliphatic heterocycles. The SMILES string of the molecule is CCN(CCC(=O)O)C(=O)c1cc(F)c([N+](=O)[O-])cc1F. The van der Waals surface area contributed by atoms with Crippen LogP contribution in [0.25, 0.3) is 0 Å². The predicted octanol–water partition coefficient (Wildman–Crippen LogP) is 1.81. The number of rotatable bonds is 6. The van der Waals surface area contributed by atoms with E-state index in [1.54, 1.807) is 6.92 Å². The first-order chi connectivity index (χ1) is 9.77. The third kappa shape index (κ3) is 3.94. The van der Waals surface area contributed by atoms with Crippen LogP contribution >= 0.6 is 0 Å². The fourth-order valence-electron chi connectivity index (χ4n) is 1.64. The topological polar surface area (TPSA) is 101 Å². The summed E-state index contributed by atoms with van der Waals surface area (Å²) in [4.78, 5) is 32.8. The van der Waals surface area contributed by atoms with Crippen molar-refractivity contribution in [3.05, 3.63) is 39.4 Å². The highest BCUT2D eigenvalue weighted by atomic mass is 19.1. The highest BCUT2D eigenvalue weighted by molar-refractivity contribution is 5.95. The molecule has 0 fully saturated rings. The third-order valence-electron chi connectivity index (χ3n) is 2.73. The van der Waals surface area contributed by atoms with Gasteiger partial charge in [-0.2, -0.15) is 4.39 Å². The Bertz CT molecular complexity index is 591. The van der Waals surface area contributed by atoms with Crippen molar-refractivity contribution in [2.24, 2.45) is 0 Å². The Labute approximate surface area is 117 Å². The van der Waals surface area contributed by atoms with Gasteiger partial charge in [-0.1, -0.05) is 0 Å². The maximum absolute atomic E-state index is 13.7. The summed E-state index contributed by atoms with van der Waals surface area (Å²) < 4.78 is 27.2. The molecule has 1 aromatic rings. The zero-order chi connectivity index (χ0) is 16.2. The molecular formula is C12H12F2N2O5. The Kier molecular flexibility index (Phi) is 5.28. The molecule has 1 N–H and O–H groups in total. The van der Waals surface area contributed by atoms with Crippen LogP contribution in [0.2, 0.25) is 0 Å². The predicted molar refractivity (Wildman–Crippen MR) is 66.8 cm³/mol. The van der Waals surface area contributed by atoms with Gasteiger partial charge in [-0.05, 0) is 13.0 Å². The van der Waals surface area contributed by atoms with Crippen LogP contribution < -0.4 is 0 Å². The lowest BCUT2D eigenvalue weighted by Crippen LogP contribution is -2.33. The van der Waals surface area contributed by atoms with E-state index >= 15 is 0 Å². The first kappa shape index (κ1) is 16.5. The van der Waals surface area contributed by atoms with Gasteiger partial charge in [0.1, 0.15) is 5.82 Å². The molecular weight excluding hydrogens is 290 g/mol. The Morgan fingerprint density at radius 3 is 2.43 bits per heavy atom. The number of nitrogens with zero attached hydrogens (tertiary/aromatic N) is 2. The van der Waals surface area contributed by atoms with Gasteiger partial charge >= 0.3 is 11.7 Å². The largest absolute Gasteiger partial charge is 0.481 e. The number of carbonyl (C=O) groups is 2. The quantitative estimate of drug-likeness (QED) is 0.638. The molecule has 0 aliphatic rings. The van der Waals surface area contributed by atoms with E-state index in [0.717, 1.165) is 4.90 Å². The molecule has 0 saturated carbocycles. The van der Waals surface area contributed by atoms with E-state index in [1.165, 1.54) is 0 Å². The van der Waals surface area contributed by atoms with Crippen LogP contribution in [0.5, 0.6) is 0 Å². The summed E-state index contributed by atoms with van der Waals surface area (Å²) in [5.74, 6) is -4.64. The molecule has 0 unspecified atom stereocenters. The lowest BCUT2D eigenvalue weighted by Gasteiger charge is -2.20. The fraction of sp³-hybridized carbons (Fsp3) is 0.333. The van der Waals surface area contributed by atoms with E-state index < -0.39 is 39.7 Å². The molecule has 1 rings (SSSR count). The van der Waals surface area contributed by atoms with Crippen LogP contribution in [-0.2, 0) is 4.79 Å². The Hall–Kier alpha value is -2.58. The lowest BCUT2D eigenvalue weighted by atomic mass is 10.1. The second kappa shape index (κ2) is 6.73. The molecule has 1 amide bonds. The van der Waals surface area contributed by atoms with Crippen LogP contribution in [0.3, 0.4) is 0 Å². The zero-order valence-electron chi connectivity index (χ0n) is 11.0. The van der Waals surface area contributed by atoms with E-state index in [0.29, 0.717) is 12.1 Å². The van der Waals surface area contributed by atoms with Crippen molar-refractivity contribution >= 4 is 17.6 Å². The van der Waals surface area contributed by atoms with Gasteiger partial charge in [0.15, 0.2) is 0 Å². The maximum Gasteiger partial charge on any atom is 0.307 e. The minimum Gasteiger partial charge on any atom is -0.481 e. The minimum absolute atomic E-state index is 0.0875. The number of amides is 1. The monoisotopic (exact) mass is 302 g/mol. The standard InChI is InChI=1S/C12H12F2N2O5/c1-2-15(4-3-11(17)18)12(19)7-5-9(14)10(16(20)21)6-8(7)13/h5-6H,2-4H2,1H3,(H,17,18). The number of hydrogen-bond acceptors (Lipinski definition) is 4. The van der Waals surface area contributed by atoms with Crippen LogP contribution in [0.15, 0.2) is 12.1 Å². The third-order valence-corrected chi connectivity index (χ3v) is 2.73. The molecule has 0 saturated heterocycles. The molecule has 0 atom stereocenters. The van der Waals surface area contributed by atoms with Gasteiger partial charge in [0.05, 0.1) is 23.0 Å². The fourth-order valence-corrected chi connectivity index (χ4v) is 1.64. The van der Waals surface area contributed by atoms with E-state index in [1.807, 2.05) is 0 Å². The number of nitro benzene ring substituents is 1. The highest BCUT2D eigenvalue weighted by Crippen LogP contribution is 2.22. The molecule has 0 heterocycles. The van der Waals surface area contributed by atoms with Crippen molar-refractivity contribution in [1.82, 2.24) is 4.90 Å². The molecule has 0 aliphatic carbocycles. The minimum atomic E-state index is -1.33. The van der Waals surface area contributed by atoms with Gasteiger partial charge in [0.25, 0.3) is 5.91 Å². The van der Waals surface area contributed by atoms with Crippen molar-refractivity contribution in [2.45, 2.75) is 13.3 Å². The van der Waals surface area contributed by atoms with Crippen molar-refractivity contribution in [3.8, 4) is 0 Å². The summed E-state index contributed by atoms with van der Waals surface area (Å²) in [6.07, 6.45) is -0.351. The van der Waals surface area contributed by atoms with Crippen LogP contribution in [-0.4, -0.2) is 39.9 Å². The summed E-state index contributed by atoms with van der Waals surface area (Å²) in [6.45, 7) is 1.45. The molecule has 114 valence electrons. The van der Waals surface area contributed by atoms with Gasteiger partial charge < -0.3 is 10.0 Å². The van der Waals surface area contributed by atoms with Crippen LogP contribution in [0.4, 0.5) is 14.5 Å². The van der Waals surface area contributed by atoms with Crippen molar-refractivity contribution in [1.29, 1.82) is 0 Å². The Morgan fingerprint density at radius 2 is 1.95 bits per heavy atom. The van der Waals surface area contributed by atoms with Crippen LogP contribution in [0.1, 0.15) is 23.7 Å². The Morgan fingerprint density at radius 1 is 1.33 bits per heavy atom. The van der Waals surface area contributed by atoms with E-state index in [-0.39, 0.29) is 19.5 Å². The first-order valence-corrected chi connectivity index (χ1v) is 5.92. The molecule has 0 aromatic heterocycles. The molecule has 7 nitrogen and oxygen atoms in total. The average Bonchev–Trinajstić information content (AvgIpc) is 2.40. The van der Waals surface area contributed by atoms with Gasteiger partial charge in [0.2, 0.25) is 5.82 Å². The number of benzene rings is 1. The molecule has 9 heteroatoms. The lowest BCUT2D eigenvalue weighted by molar-refractivity contribution is -0.387. The number of hydrogen-bond donors (Lipinski definition) is 1. The van der Waals surface area contributed by atoms with Crippen molar-refractivity contribution in [2.75, 3.05) is 13.1 Å². The van der Waals surface area contributed by atoms with Crippen molar-refractivity contribution < 1.29 is 28.4 Å². The van der Waals surface area contributed by atoms with Crippen molar-refractivity contribution in [3.63, 3.8) is 0 Å². The number of aliphatic carboxylic acids is 1. The summed E-state index contributed by atoms with van der Waals surface area (Å²) in [7, 11) is 0. The summed E-state index contributed by atoms with van der Waals surface area (Å²) in [5, 5.41) is 19.0. The van der Waals surface area contributed by atoms with Gasteiger partial charge in [-0.3, -0.25) is 19.7 Å². The first-order valence-electron chi connectivity index (χ1n) is 5.92. The molecule has 0 radical (unpaired) electrons.